The van der Waals surface area contributed by atoms with Gasteiger partial charge in [-0.3, -0.25) is 0 Å². The van der Waals surface area contributed by atoms with Gasteiger partial charge < -0.3 is 5.11 Å². The number of hydrogen-bond donors (Lipinski definition) is 2. The maximum atomic E-state index is 12.1. The molecular weight excluding hydrogens is 274 g/mol. The fourth-order valence-corrected chi connectivity index (χ4v) is 4.21. The first-order valence-electron chi connectivity index (χ1n) is 5.35. The standard InChI is InChI=1S/C11H17NO4S2/c1-7-5-17-8(10(13)14)9(7)18(15,16)12-6-11(2,3)4/h5,12H,6H2,1-4H3,(H,13,14). The van der Waals surface area contributed by atoms with Gasteiger partial charge in [-0.15, -0.1) is 11.3 Å². The second-order valence-corrected chi connectivity index (χ2v) is 7.85. The van der Waals surface area contributed by atoms with Crippen LogP contribution in [-0.2, 0) is 10.0 Å². The molecule has 0 unspecified atom stereocenters. The third kappa shape index (κ3) is 3.54. The minimum Gasteiger partial charge on any atom is -0.477 e. The molecule has 0 atom stereocenters. The van der Waals surface area contributed by atoms with Gasteiger partial charge in [-0.2, -0.15) is 0 Å². The van der Waals surface area contributed by atoms with E-state index in [1.165, 1.54) is 5.38 Å². The van der Waals surface area contributed by atoms with Crippen molar-refractivity contribution in [3.8, 4) is 0 Å². The van der Waals surface area contributed by atoms with E-state index in [4.69, 9.17) is 5.11 Å². The maximum Gasteiger partial charge on any atom is 0.347 e. The zero-order valence-electron chi connectivity index (χ0n) is 10.8. The van der Waals surface area contributed by atoms with Crippen LogP contribution in [0.4, 0.5) is 0 Å². The summed E-state index contributed by atoms with van der Waals surface area (Å²) >= 11 is 0.926. The Morgan fingerprint density at radius 1 is 1.44 bits per heavy atom. The molecule has 0 fully saturated rings. The number of carboxylic acids is 1. The van der Waals surface area contributed by atoms with Gasteiger partial charge in [0.1, 0.15) is 9.77 Å². The Morgan fingerprint density at radius 2 is 2.00 bits per heavy atom. The molecule has 0 amide bonds. The van der Waals surface area contributed by atoms with Gasteiger partial charge in [-0.05, 0) is 23.3 Å². The van der Waals surface area contributed by atoms with E-state index in [9.17, 15) is 13.2 Å². The van der Waals surface area contributed by atoms with Gasteiger partial charge in [0.2, 0.25) is 10.0 Å². The first-order chi connectivity index (χ1) is 8.04. The van der Waals surface area contributed by atoms with Gasteiger partial charge in [0, 0.05) is 6.54 Å². The highest BCUT2D eigenvalue weighted by Crippen LogP contribution is 2.27. The molecule has 1 aromatic rings. The van der Waals surface area contributed by atoms with Crippen LogP contribution in [0.5, 0.6) is 0 Å². The molecule has 0 aliphatic heterocycles. The predicted octanol–water partition coefficient (Wildman–Crippen LogP) is 2.08. The lowest BCUT2D eigenvalue weighted by Gasteiger charge is -2.18. The van der Waals surface area contributed by atoms with Crippen LogP contribution in [0.3, 0.4) is 0 Å². The molecule has 102 valence electrons. The summed E-state index contributed by atoms with van der Waals surface area (Å²) in [5.41, 5.74) is 0.249. The highest BCUT2D eigenvalue weighted by Gasteiger charge is 2.27. The molecule has 0 saturated heterocycles. The summed E-state index contributed by atoms with van der Waals surface area (Å²) in [5.74, 6) is -1.22. The quantitative estimate of drug-likeness (QED) is 0.889. The average Bonchev–Trinajstić information content (AvgIpc) is 2.57. The van der Waals surface area contributed by atoms with Gasteiger partial charge in [0.25, 0.3) is 0 Å². The second kappa shape index (κ2) is 4.99. The van der Waals surface area contributed by atoms with E-state index in [1.54, 1.807) is 6.92 Å². The Labute approximate surface area is 111 Å². The van der Waals surface area contributed by atoms with Gasteiger partial charge in [-0.1, -0.05) is 20.8 Å². The van der Waals surface area contributed by atoms with Crippen molar-refractivity contribution in [2.75, 3.05) is 6.54 Å². The summed E-state index contributed by atoms with van der Waals surface area (Å²) in [7, 11) is -3.78. The normalized spacial score (nSPS) is 12.7. The molecule has 0 aromatic carbocycles. The zero-order chi connectivity index (χ0) is 14.1. The SMILES string of the molecule is Cc1csc(C(=O)O)c1S(=O)(=O)NCC(C)(C)C. The van der Waals surface area contributed by atoms with Crippen molar-refractivity contribution in [1.82, 2.24) is 4.72 Å². The largest absolute Gasteiger partial charge is 0.477 e. The topological polar surface area (TPSA) is 83.5 Å². The monoisotopic (exact) mass is 291 g/mol. The third-order valence-corrected chi connectivity index (χ3v) is 4.98. The molecule has 2 N–H and O–H groups in total. The van der Waals surface area contributed by atoms with Gasteiger partial charge in [0.15, 0.2) is 0 Å². The van der Waals surface area contributed by atoms with Crippen molar-refractivity contribution in [2.24, 2.45) is 5.41 Å². The molecule has 0 aliphatic rings. The first-order valence-corrected chi connectivity index (χ1v) is 7.72. The Morgan fingerprint density at radius 3 is 2.44 bits per heavy atom. The summed E-state index contributed by atoms with van der Waals surface area (Å²) in [5, 5.41) is 10.5. The summed E-state index contributed by atoms with van der Waals surface area (Å²) < 4.78 is 26.7. The third-order valence-electron chi connectivity index (χ3n) is 2.17. The van der Waals surface area contributed by atoms with Crippen molar-refractivity contribution in [1.29, 1.82) is 0 Å². The second-order valence-electron chi connectivity index (χ2n) is 5.27. The van der Waals surface area contributed by atoms with Crippen LogP contribution in [0.15, 0.2) is 10.3 Å². The molecule has 7 heteroatoms. The summed E-state index contributed by atoms with van der Waals surface area (Å²) in [6.45, 7) is 7.54. The molecule has 18 heavy (non-hydrogen) atoms. The molecular formula is C11H17NO4S2. The minimum absolute atomic E-state index is 0.121. The van der Waals surface area contributed by atoms with E-state index in [1.807, 2.05) is 20.8 Å². The minimum atomic E-state index is -3.78. The lowest BCUT2D eigenvalue weighted by atomic mass is 9.98. The molecule has 0 radical (unpaired) electrons. The molecule has 0 bridgehead atoms. The van der Waals surface area contributed by atoms with E-state index in [-0.39, 0.29) is 21.7 Å². The van der Waals surface area contributed by atoms with Crippen LogP contribution in [0.1, 0.15) is 36.0 Å². The smallest absolute Gasteiger partial charge is 0.347 e. The number of rotatable bonds is 4. The number of thiophene rings is 1. The molecule has 1 rings (SSSR count). The van der Waals surface area contributed by atoms with Crippen LogP contribution in [0.2, 0.25) is 0 Å². The molecule has 1 heterocycles. The molecule has 0 saturated carbocycles. The van der Waals surface area contributed by atoms with Crippen molar-refractivity contribution in [2.45, 2.75) is 32.6 Å². The van der Waals surface area contributed by atoms with Crippen LogP contribution >= 0.6 is 11.3 Å². The van der Waals surface area contributed by atoms with Gasteiger partial charge >= 0.3 is 5.97 Å². The highest BCUT2D eigenvalue weighted by atomic mass is 32.2. The van der Waals surface area contributed by atoms with Crippen LogP contribution in [0, 0.1) is 12.3 Å². The van der Waals surface area contributed by atoms with E-state index in [2.05, 4.69) is 4.72 Å². The Hall–Kier alpha value is -0.920. The number of hydrogen-bond acceptors (Lipinski definition) is 4. The molecule has 1 aromatic heterocycles. The molecule has 5 nitrogen and oxygen atoms in total. The average molecular weight is 291 g/mol. The first kappa shape index (κ1) is 15.1. The Bertz CT molecular complexity index is 552. The van der Waals surface area contributed by atoms with Gasteiger partial charge in [-0.25, -0.2) is 17.9 Å². The maximum absolute atomic E-state index is 12.1. The molecule has 0 spiro atoms. The number of aryl methyl sites for hydroxylation is 1. The fraction of sp³-hybridized carbons (Fsp3) is 0.545. The van der Waals surface area contributed by atoms with E-state index >= 15 is 0 Å². The van der Waals surface area contributed by atoms with E-state index < -0.39 is 16.0 Å². The van der Waals surface area contributed by atoms with Crippen molar-refractivity contribution < 1.29 is 18.3 Å². The number of sulfonamides is 1. The number of nitrogens with one attached hydrogen (secondary N) is 1. The Balaban J connectivity index is 3.13. The highest BCUT2D eigenvalue weighted by molar-refractivity contribution is 7.89. The van der Waals surface area contributed by atoms with E-state index in [0.717, 1.165) is 11.3 Å². The molecule has 0 aliphatic carbocycles. The van der Waals surface area contributed by atoms with Crippen molar-refractivity contribution in [3.63, 3.8) is 0 Å². The predicted molar refractivity (Wildman–Crippen MR) is 70.7 cm³/mol. The number of aromatic carboxylic acids is 1. The lowest BCUT2D eigenvalue weighted by Crippen LogP contribution is -2.33. The van der Waals surface area contributed by atoms with Crippen LogP contribution in [-0.4, -0.2) is 26.0 Å². The van der Waals surface area contributed by atoms with Crippen molar-refractivity contribution >= 4 is 27.3 Å². The lowest BCUT2D eigenvalue weighted by molar-refractivity contribution is 0.0698. The Kier molecular flexibility index (Phi) is 4.19. The van der Waals surface area contributed by atoms with Crippen LogP contribution < -0.4 is 4.72 Å². The van der Waals surface area contributed by atoms with Gasteiger partial charge in [0.05, 0.1) is 0 Å². The summed E-state index contributed by atoms with van der Waals surface area (Å²) in [4.78, 5) is 10.7. The zero-order valence-corrected chi connectivity index (χ0v) is 12.4. The van der Waals surface area contributed by atoms with E-state index in [0.29, 0.717) is 5.56 Å². The summed E-state index contributed by atoms with van der Waals surface area (Å²) in [6.07, 6.45) is 0. The van der Waals surface area contributed by atoms with Crippen molar-refractivity contribution in [3.05, 3.63) is 15.8 Å². The fourth-order valence-electron chi connectivity index (χ4n) is 1.30. The van der Waals surface area contributed by atoms with Crippen LogP contribution in [0.25, 0.3) is 0 Å². The number of carboxylic acid groups (broad SMARTS) is 1. The summed E-state index contributed by atoms with van der Waals surface area (Å²) in [6, 6.07) is 0. The number of carbonyl (C=O) groups is 1.